The van der Waals surface area contributed by atoms with Crippen LogP contribution in [0.5, 0.6) is 0 Å². The van der Waals surface area contributed by atoms with Crippen molar-refractivity contribution in [1.29, 1.82) is 0 Å². The van der Waals surface area contributed by atoms with Crippen molar-refractivity contribution in [3.63, 3.8) is 0 Å². The molecule has 0 N–H and O–H groups in total. The predicted molar refractivity (Wildman–Crippen MR) is 95.3 cm³/mol. The second kappa shape index (κ2) is 7.30. The molecule has 4 nitrogen and oxygen atoms in total. The fourth-order valence-corrected chi connectivity index (χ4v) is 3.05. The van der Waals surface area contributed by atoms with Crippen LogP contribution >= 0.6 is 0 Å². The number of benzene rings is 2. The summed E-state index contributed by atoms with van der Waals surface area (Å²) in [6.45, 7) is 3.31. The van der Waals surface area contributed by atoms with Gasteiger partial charge in [0.25, 0.3) is 5.91 Å². The Kier molecular flexibility index (Phi) is 4.94. The minimum Gasteiger partial charge on any atom is -0.324 e. The lowest BCUT2D eigenvalue weighted by Crippen LogP contribution is -2.48. The molecular formula is C20H22N2O2. The number of hydrogen-bond donors (Lipinski definition) is 0. The van der Waals surface area contributed by atoms with Crippen LogP contribution in [-0.2, 0) is 0 Å². The molecule has 1 fully saturated rings. The number of anilines is 1. The highest BCUT2D eigenvalue weighted by Gasteiger charge is 2.30. The number of para-hydroxylation sites is 1. The third-order valence-corrected chi connectivity index (χ3v) is 4.41. The van der Waals surface area contributed by atoms with Crippen LogP contribution in [0.15, 0.2) is 54.6 Å². The lowest BCUT2D eigenvalue weighted by molar-refractivity contribution is 0.0983. The van der Waals surface area contributed by atoms with Crippen molar-refractivity contribution in [2.24, 2.45) is 0 Å². The monoisotopic (exact) mass is 322 g/mol. The van der Waals surface area contributed by atoms with Gasteiger partial charge in [-0.2, -0.15) is 0 Å². The lowest BCUT2D eigenvalue weighted by Gasteiger charge is -2.32. The molecule has 3 amide bonds. The number of urea groups is 1. The summed E-state index contributed by atoms with van der Waals surface area (Å²) in [6.07, 6.45) is 3.13. The number of likely N-dealkylation sites (tertiary alicyclic amines) is 1. The summed E-state index contributed by atoms with van der Waals surface area (Å²) in [7, 11) is 0. The van der Waals surface area contributed by atoms with Gasteiger partial charge in [0.05, 0.1) is 5.69 Å². The van der Waals surface area contributed by atoms with Gasteiger partial charge in [-0.15, -0.1) is 0 Å². The fourth-order valence-electron chi connectivity index (χ4n) is 3.05. The van der Waals surface area contributed by atoms with Gasteiger partial charge in [0.2, 0.25) is 0 Å². The Morgan fingerprint density at radius 3 is 2.17 bits per heavy atom. The first-order chi connectivity index (χ1) is 11.7. The maximum Gasteiger partial charge on any atom is 0.331 e. The van der Waals surface area contributed by atoms with Crippen molar-refractivity contribution in [2.75, 3.05) is 18.0 Å². The van der Waals surface area contributed by atoms with Crippen molar-refractivity contribution >= 4 is 17.6 Å². The Hall–Kier alpha value is -2.62. The van der Waals surface area contributed by atoms with Gasteiger partial charge >= 0.3 is 6.03 Å². The smallest absolute Gasteiger partial charge is 0.324 e. The van der Waals surface area contributed by atoms with Crippen molar-refractivity contribution in [3.05, 3.63) is 65.7 Å². The molecule has 0 unspecified atom stereocenters. The average Bonchev–Trinajstić information content (AvgIpc) is 2.64. The van der Waals surface area contributed by atoms with Crippen LogP contribution in [0.25, 0.3) is 0 Å². The number of aryl methyl sites for hydroxylation is 1. The maximum absolute atomic E-state index is 13.1. The minimum atomic E-state index is -0.269. The summed E-state index contributed by atoms with van der Waals surface area (Å²) in [5, 5.41) is 0. The molecule has 0 aromatic heterocycles. The Balaban J connectivity index is 1.97. The molecule has 2 aromatic rings. The summed E-state index contributed by atoms with van der Waals surface area (Å²) in [5.74, 6) is -0.269. The number of carbonyl (C=O) groups is 2. The number of amides is 3. The molecule has 4 heteroatoms. The van der Waals surface area contributed by atoms with E-state index in [2.05, 4.69) is 0 Å². The van der Waals surface area contributed by atoms with E-state index in [0.717, 1.165) is 24.8 Å². The maximum atomic E-state index is 13.1. The summed E-state index contributed by atoms with van der Waals surface area (Å²) >= 11 is 0. The molecule has 0 aliphatic carbocycles. The van der Waals surface area contributed by atoms with E-state index in [0.29, 0.717) is 24.3 Å². The highest BCUT2D eigenvalue weighted by molar-refractivity contribution is 6.21. The zero-order chi connectivity index (χ0) is 16.9. The molecule has 124 valence electrons. The number of imide groups is 1. The summed E-state index contributed by atoms with van der Waals surface area (Å²) in [4.78, 5) is 29.3. The largest absolute Gasteiger partial charge is 0.331 e. The molecule has 24 heavy (non-hydrogen) atoms. The number of rotatable bonds is 2. The highest BCUT2D eigenvalue weighted by Crippen LogP contribution is 2.22. The number of hydrogen-bond acceptors (Lipinski definition) is 2. The van der Waals surface area contributed by atoms with Gasteiger partial charge < -0.3 is 4.90 Å². The quantitative estimate of drug-likeness (QED) is 0.829. The second-order valence-corrected chi connectivity index (χ2v) is 6.12. The predicted octanol–water partition coefficient (Wildman–Crippen LogP) is 4.25. The summed E-state index contributed by atoms with van der Waals surface area (Å²) in [6, 6.07) is 16.3. The molecule has 1 saturated heterocycles. The summed E-state index contributed by atoms with van der Waals surface area (Å²) < 4.78 is 0. The Morgan fingerprint density at radius 1 is 0.875 bits per heavy atom. The van der Waals surface area contributed by atoms with Crippen LogP contribution in [0, 0.1) is 6.92 Å². The second-order valence-electron chi connectivity index (χ2n) is 6.12. The fraction of sp³-hybridized carbons (Fsp3) is 0.300. The zero-order valence-electron chi connectivity index (χ0n) is 13.9. The SMILES string of the molecule is Cc1ccccc1C(=O)N(C(=O)N1CCCCC1)c1ccccc1. The Morgan fingerprint density at radius 2 is 1.50 bits per heavy atom. The number of carbonyl (C=O) groups excluding carboxylic acids is 2. The van der Waals surface area contributed by atoms with Crippen LogP contribution in [-0.4, -0.2) is 29.9 Å². The van der Waals surface area contributed by atoms with Gasteiger partial charge in [-0.3, -0.25) is 4.79 Å². The van der Waals surface area contributed by atoms with Crippen molar-refractivity contribution in [3.8, 4) is 0 Å². The van der Waals surface area contributed by atoms with Gasteiger partial charge in [0.1, 0.15) is 0 Å². The van der Waals surface area contributed by atoms with E-state index in [-0.39, 0.29) is 11.9 Å². The van der Waals surface area contributed by atoms with Gasteiger partial charge in [-0.05, 0) is 49.9 Å². The molecular weight excluding hydrogens is 300 g/mol. The first-order valence-electron chi connectivity index (χ1n) is 8.42. The molecule has 1 aliphatic heterocycles. The van der Waals surface area contributed by atoms with Gasteiger partial charge in [-0.25, -0.2) is 9.69 Å². The molecule has 0 saturated carbocycles. The van der Waals surface area contributed by atoms with E-state index < -0.39 is 0 Å². The van der Waals surface area contributed by atoms with Crippen LogP contribution in [0.3, 0.4) is 0 Å². The van der Waals surface area contributed by atoms with Gasteiger partial charge in [0, 0.05) is 18.7 Å². The first kappa shape index (κ1) is 16.2. The topological polar surface area (TPSA) is 40.6 Å². The van der Waals surface area contributed by atoms with Crippen molar-refractivity contribution < 1.29 is 9.59 Å². The van der Waals surface area contributed by atoms with Crippen molar-refractivity contribution in [1.82, 2.24) is 4.90 Å². The van der Waals surface area contributed by atoms with Crippen LogP contribution in [0.2, 0.25) is 0 Å². The third kappa shape index (κ3) is 3.32. The number of nitrogens with zero attached hydrogens (tertiary/aromatic N) is 2. The Bertz CT molecular complexity index is 721. The zero-order valence-corrected chi connectivity index (χ0v) is 13.9. The van der Waals surface area contributed by atoms with E-state index in [4.69, 9.17) is 0 Å². The third-order valence-electron chi connectivity index (χ3n) is 4.41. The van der Waals surface area contributed by atoms with Crippen molar-refractivity contribution in [2.45, 2.75) is 26.2 Å². The normalized spacial score (nSPS) is 14.3. The van der Waals surface area contributed by atoms with Gasteiger partial charge in [-0.1, -0.05) is 36.4 Å². The van der Waals surface area contributed by atoms with Crippen LogP contribution in [0.1, 0.15) is 35.2 Å². The van der Waals surface area contributed by atoms with E-state index >= 15 is 0 Å². The molecule has 1 heterocycles. The highest BCUT2D eigenvalue weighted by atomic mass is 16.2. The first-order valence-corrected chi connectivity index (χ1v) is 8.42. The molecule has 3 rings (SSSR count). The molecule has 0 radical (unpaired) electrons. The molecule has 0 bridgehead atoms. The standard InChI is InChI=1S/C20H22N2O2/c1-16-10-6-7-13-18(16)19(23)22(17-11-4-2-5-12-17)20(24)21-14-8-3-9-15-21/h2,4-7,10-13H,3,8-9,14-15H2,1H3. The number of piperidine rings is 1. The molecule has 1 aliphatic rings. The van der Waals surface area contributed by atoms with E-state index in [1.165, 1.54) is 4.90 Å². The lowest BCUT2D eigenvalue weighted by atomic mass is 10.1. The van der Waals surface area contributed by atoms with E-state index in [1.54, 1.807) is 23.1 Å². The van der Waals surface area contributed by atoms with Crippen LogP contribution < -0.4 is 4.90 Å². The molecule has 0 atom stereocenters. The average molecular weight is 322 g/mol. The van der Waals surface area contributed by atoms with E-state index in [9.17, 15) is 9.59 Å². The minimum absolute atomic E-state index is 0.228. The van der Waals surface area contributed by atoms with E-state index in [1.807, 2.05) is 43.3 Å². The van der Waals surface area contributed by atoms with Gasteiger partial charge in [0.15, 0.2) is 0 Å². The van der Waals surface area contributed by atoms with Crippen LogP contribution in [0.4, 0.5) is 10.5 Å². The molecule has 2 aromatic carbocycles. The molecule has 0 spiro atoms. The Labute approximate surface area is 142 Å². The summed E-state index contributed by atoms with van der Waals surface area (Å²) in [5.41, 5.74) is 2.04.